The Bertz CT molecular complexity index is 1660. The molecule has 0 spiro atoms. The first kappa shape index (κ1) is 31.6. The van der Waals surface area contributed by atoms with E-state index in [2.05, 4.69) is 10.0 Å². The van der Waals surface area contributed by atoms with Crippen LogP contribution in [0.4, 0.5) is 5.69 Å². The van der Waals surface area contributed by atoms with E-state index >= 15 is 0 Å². The number of nitrogens with one attached hydrogen (secondary N) is 2. The lowest BCUT2D eigenvalue weighted by atomic mass is 9.97. The summed E-state index contributed by atoms with van der Waals surface area (Å²) in [5, 5.41) is 23.1. The van der Waals surface area contributed by atoms with E-state index in [0.29, 0.717) is 24.5 Å². The Morgan fingerprint density at radius 3 is 2.28 bits per heavy atom. The van der Waals surface area contributed by atoms with Crippen molar-refractivity contribution in [3.8, 4) is 22.6 Å². The Balaban J connectivity index is 1.31. The summed E-state index contributed by atoms with van der Waals surface area (Å²) in [4.78, 5) is 11.1. The van der Waals surface area contributed by atoms with Gasteiger partial charge in [0, 0.05) is 13.1 Å². The molecule has 0 aromatic heterocycles. The van der Waals surface area contributed by atoms with E-state index in [1.165, 1.54) is 0 Å². The van der Waals surface area contributed by atoms with E-state index in [0.717, 1.165) is 39.8 Å². The minimum atomic E-state index is -3.57. The topological polar surface area (TPSA) is 134 Å². The Labute approximate surface area is 252 Å². The number of rotatable bonds is 14. The third kappa shape index (κ3) is 9.05. The number of aromatic carboxylic acids is 1. The highest BCUT2D eigenvalue weighted by Gasteiger charge is 2.15. The van der Waals surface area contributed by atoms with Crippen LogP contribution < -0.4 is 19.5 Å². The van der Waals surface area contributed by atoms with Gasteiger partial charge in [-0.25, -0.2) is 13.2 Å². The molecule has 4 aromatic rings. The summed E-state index contributed by atoms with van der Waals surface area (Å²) in [5.74, 6) is 0.147. The van der Waals surface area contributed by atoms with Crippen molar-refractivity contribution in [1.82, 2.24) is 5.32 Å². The molecule has 0 fully saturated rings. The van der Waals surface area contributed by atoms with Crippen molar-refractivity contribution < 1.29 is 32.9 Å². The molecule has 9 nitrogen and oxygen atoms in total. The van der Waals surface area contributed by atoms with Crippen LogP contribution in [-0.4, -0.2) is 50.6 Å². The minimum Gasteiger partial charge on any atom is -0.492 e. The largest absolute Gasteiger partial charge is 0.492 e. The zero-order chi connectivity index (χ0) is 31.0. The first-order chi connectivity index (χ1) is 20.5. The predicted octanol–water partition coefficient (Wildman–Crippen LogP) is 5.32. The standard InChI is InChI=1S/C33H36N2O7S/c1-22-18-32(23(2)17-28(22)25-9-11-26(12-10-25)33(37)38)41-16-15-34-20-30(36)27-13-14-31(29(19-27)35-43(3,39)40)42-21-24-7-5-4-6-8-24/h4-14,17-19,30,34-36H,15-16,20-21H2,1-3H3,(H,37,38). The second kappa shape index (κ2) is 14.2. The number of sulfonamides is 1. The highest BCUT2D eigenvalue weighted by molar-refractivity contribution is 7.92. The lowest BCUT2D eigenvalue weighted by Gasteiger charge is -2.17. The highest BCUT2D eigenvalue weighted by Crippen LogP contribution is 2.31. The number of hydrogen-bond donors (Lipinski definition) is 4. The summed E-state index contributed by atoms with van der Waals surface area (Å²) < 4.78 is 38.3. The van der Waals surface area contributed by atoms with Crippen molar-refractivity contribution in [1.29, 1.82) is 0 Å². The van der Waals surface area contributed by atoms with Crippen molar-refractivity contribution in [3.05, 3.63) is 113 Å². The molecule has 0 heterocycles. The fourth-order valence-electron chi connectivity index (χ4n) is 4.53. The quantitative estimate of drug-likeness (QED) is 0.142. The van der Waals surface area contributed by atoms with Gasteiger partial charge in [0.25, 0.3) is 0 Å². The van der Waals surface area contributed by atoms with Crippen LogP contribution in [-0.2, 0) is 16.6 Å². The first-order valence-corrected chi connectivity index (χ1v) is 15.6. The van der Waals surface area contributed by atoms with E-state index in [9.17, 15) is 18.3 Å². The molecule has 1 unspecified atom stereocenters. The average Bonchev–Trinajstić information content (AvgIpc) is 2.97. The SMILES string of the molecule is Cc1cc(-c2ccc(C(=O)O)cc2)c(C)cc1OCCNCC(O)c1ccc(OCc2ccccc2)c(NS(C)(=O)=O)c1. The van der Waals surface area contributed by atoms with Crippen LogP contribution in [0.25, 0.3) is 11.1 Å². The van der Waals surface area contributed by atoms with E-state index < -0.39 is 22.1 Å². The van der Waals surface area contributed by atoms with Crippen molar-refractivity contribution in [3.63, 3.8) is 0 Å². The van der Waals surface area contributed by atoms with Gasteiger partial charge in [0.05, 0.1) is 23.6 Å². The van der Waals surface area contributed by atoms with Crippen LogP contribution in [0.5, 0.6) is 11.5 Å². The number of aliphatic hydroxyl groups excluding tert-OH is 1. The number of hydrogen-bond acceptors (Lipinski definition) is 7. The molecule has 4 rings (SSSR count). The summed E-state index contributed by atoms with van der Waals surface area (Å²) >= 11 is 0. The van der Waals surface area contributed by atoms with E-state index in [1.54, 1.807) is 42.5 Å². The predicted molar refractivity (Wildman–Crippen MR) is 167 cm³/mol. The Kier molecular flexibility index (Phi) is 10.4. The molecule has 10 heteroatoms. The zero-order valence-corrected chi connectivity index (χ0v) is 25.1. The van der Waals surface area contributed by atoms with Crippen LogP contribution in [0.2, 0.25) is 0 Å². The van der Waals surface area contributed by atoms with Gasteiger partial charge in [0.2, 0.25) is 10.0 Å². The Morgan fingerprint density at radius 2 is 1.60 bits per heavy atom. The van der Waals surface area contributed by atoms with Gasteiger partial charge in [-0.1, -0.05) is 48.5 Å². The fraction of sp³-hybridized carbons (Fsp3) is 0.242. The molecule has 4 N–H and O–H groups in total. The molecule has 226 valence electrons. The molecule has 0 saturated heterocycles. The van der Waals surface area contributed by atoms with Gasteiger partial charge in [-0.3, -0.25) is 4.72 Å². The van der Waals surface area contributed by atoms with Gasteiger partial charge >= 0.3 is 5.97 Å². The number of aryl methyl sites for hydroxylation is 2. The van der Waals surface area contributed by atoms with E-state index in [4.69, 9.17) is 14.6 Å². The molecule has 0 aliphatic rings. The maximum Gasteiger partial charge on any atom is 0.335 e. The number of carboxylic acids is 1. The van der Waals surface area contributed by atoms with Crippen LogP contribution in [0, 0.1) is 13.8 Å². The van der Waals surface area contributed by atoms with Gasteiger partial charge in [-0.05, 0) is 83.6 Å². The molecule has 0 aliphatic heterocycles. The van der Waals surface area contributed by atoms with E-state index in [-0.39, 0.29) is 24.4 Å². The van der Waals surface area contributed by atoms with Crippen molar-refractivity contribution in [2.75, 3.05) is 30.7 Å². The second-order valence-corrected chi connectivity index (χ2v) is 12.0. The lowest BCUT2D eigenvalue weighted by Crippen LogP contribution is -2.26. The maximum absolute atomic E-state index is 12.0. The molecular weight excluding hydrogens is 568 g/mol. The monoisotopic (exact) mass is 604 g/mol. The summed E-state index contributed by atoms with van der Waals surface area (Å²) in [7, 11) is -3.57. The van der Waals surface area contributed by atoms with Gasteiger partial charge in [0.1, 0.15) is 24.7 Å². The fourth-order valence-corrected chi connectivity index (χ4v) is 5.09. The third-order valence-corrected chi connectivity index (χ3v) is 7.35. The third-order valence-electron chi connectivity index (χ3n) is 6.76. The number of ether oxygens (including phenoxy) is 2. The molecule has 1 atom stereocenters. The normalized spacial score (nSPS) is 12.0. The number of aliphatic hydroxyl groups is 1. The first-order valence-electron chi connectivity index (χ1n) is 13.7. The Morgan fingerprint density at radius 1 is 0.884 bits per heavy atom. The molecule has 0 saturated carbocycles. The minimum absolute atomic E-state index is 0.231. The number of carboxylic acid groups (broad SMARTS) is 1. The van der Waals surface area contributed by atoms with Crippen molar-refractivity contribution >= 4 is 21.7 Å². The summed E-state index contributed by atoms with van der Waals surface area (Å²) in [5.41, 5.74) is 5.85. The molecule has 0 radical (unpaired) electrons. The van der Waals surface area contributed by atoms with Crippen LogP contribution in [0.3, 0.4) is 0 Å². The summed E-state index contributed by atoms with van der Waals surface area (Å²) in [6, 6.07) is 25.2. The summed E-state index contributed by atoms with van der Waals surface area (Å²) in [6.07, 6.45) is 0.174. The molecule has 43 heavy (non-hydrogen) atoms. The van der Waals surface area contributed by atoms with Crippen LogP contribution in [0.15, 0.2) is 84.9 Å². The van der Waals surface area contributed by atoms with E-state index in [1.807, 2.05) is 56.3 Å². The Hall–Kier alpha value is -4.38. The smallest absolute Gasteiger partial charge is 0.335 e. The van der Waals surface area contributed by atoms with Crippen molar-refractivity contribution in [2.45, 2.75) is 26.6 Å². The number of benzene rings is 4. The van der Waals surface area contributed by atoms with Gasteiger partial charge in [-0.2, -0.15) is 0 Å². The molecule has 4 aromatic carbocycles. The van der Waals surface area contributed by atoms with Gasteiger partial charge in [-0.15, -0.1) is 0 Å². The second-order valence-electron chi connectivity index (χ2n) is 10.3. The molecule has 0 amide bonds. The zero-order valence-electron chi connectivity index (χ0n) is 24.3. The number of carbonyl (C=O) groups is 1. The van der Waals surface area contributed by atoms with Crippen LogP contribution >= 0.6 is 0 Å². The number of anilines is 1. The average molecular weight is 605 g/mol. The lowest BCUT2D eigenvalue weighted by molar-refractivity contribution is 0.0697. The highest BCUT2D eigenvalue weighted by atomic mass is 32.2. The van der Waals surface area contributed by atoms with Crippen LogP contribution in [0.1, 0.15) is 38.7 Å². The molecule has 0 aliphatic carbocycles. The molecular formula is C33H36N2O7S. The summed E-state index contributed by atoms with van der Waals surface area (Å²) in [6.45, 7) is 5.27. The van der Waals surface area contributed by atoms with Gasteiger partial charge in [0.15, 0.2) is 0 Å². The maximum atomic E-state index is 12.0. The van der Waals surface area contributed by atoms with Gasteiger partial charge < -0.3 is 25.0 Å². The van der Waals surface area contributed by atoms with Crippen molar-refractivity contribution in [2.24, 2.45) is 0 Å². The molecule has 0 bridgehead atoms.